The topological polar surface area (TPSA) is 67.8 Å². The summed E-state index contributed by atoms with van der Waals surface area (Å²) < 4.78 is 0.915. The first kappa shape index (κ1) is 11.2. The summed E-state index contributed by atoms with van der Waals surface area (Å²) >= 11 is 3.29. The average molecular weight is 258 g/mol. The standard InChI is InChI=1S/C10H12BrNO2/c1-2-10(12,9(13)14)7-3-5-8(11)6-4-7/h3-6H,2,12H2,1H3,(H,13,14)/t10-/m0/s1. The summed E-state index contributed by atoms with van der Waals surface area (Å²) in [6, 6.07) is 7.09. The Bertz CT molecular complexity index is 336. The van der Waals surface area contributed by atoms with Crippen molar-refractivity contribution in [3.8, 4) is 0 Å². The maximum Gasteiger partial charge on any atom is 0.160 e. The molecule has 14 heavy (non-hydrogen) atoms. The number of carboxylic acid groups (broad SMARTS) is 1. The number of aliphatic carboxylic acids is 1. The van der Waals surface area contributed by atoms with E-state index in [9.17, 15) is 9.90 Å². The summed E-state index contributed by atoms with van der Waals surface area (Å²) in [5.41, 5.74) is 3.24. The molecule has 0 aliphatic rings. The van der Waals surface area contributed by atoms with E-state index in [1.165, 1.54) is 0 Å². The Morgan fingerprint density at radius 1 is 1.50 bits per heavy atom. The SMILES string of the molecule is CC[C@@]([NH3+])(C(=O)[O-])c1ccc(Br)cc1. The Balaban J connectivity index is 3.13. The molecule has 0 unspecified atom stereocenters. The van der Waals surface area contributed by atoms with Crippen LogP contribution in [0.3, 0.4) is 0 Å². The molecule has 0 fully saturated rings. The Hall–Kier alpha value is -0.870. The predicted octanol–water partition coefficient (Wildman–Crippen LogP) is 0.0462. The molecular weight excluding hydrogens is 246 g/mol. The first-order valence-electron chi connectivity index (χ1n) is 4.33. The minimum absolute atomic E-state index is 0.414. The highest BCUT2D eigenvalue weighted by atomic mass is 79.9. The number of halogens is 1. The van der Waals surface area contributed by atoms with Gasteiger partial charge >= 0.3 is 0 Å². The quantitative estimate of drug-likeness (QED) is 0.832. The highest BCUT2D eigenvalue weighted by molar-refractivity contribution is 9.10. The molecule has 0 aliphatic carbocycles. The lowest BCUT2D eigenvalue weighted by molar-refractivity contribution is -0.495. The second-order valence-electron chi connectivity index (χ2n) is 3.23. The van der Waals surface area contributed by atoms with Crippen molar-refractivity contribution in [3.05, 3.63) is 34.3 Å². The molecule has 0 aromatic heterocycles. The lowest BCUT2D eigenvalue weighted by Crippen LogP contribution is -2.76. The maximum absolute atomic E-state index is 11.0. The van der Waals surface area contributed by atoms with E-state index >= 15 is 0 Å². The number of quaternary nitrogens is 1. The summed E-state index contributed by atoms with van der Waals surface area (Å²) in [6.07, 6.45) is 0.414. The third-order valence-corrected chi connectivity index (χ3v) is 2.92. The number of benzene rings is 1. The highest BCUT2D eigenvalue weighted by Gasteiger charge is 2.31. The fourth-order valence-electron chi connectivity index (χ4n) is 1.24. The second-order valence-corrected chi connectivity index (χ2v) is 4.15. The van der Waals surface area contributed by atoms with Gasteiger partial charge in [-0.05, 0) is 12.1 Å². The second kappa shape index (κ2) is 4.11. The van der Waals surface area contributed by atoms with Crippen LogP contribution in [0.2, 0.25) is 0 Å². The molecule has 0 bridgehead atoms. The predicted molar refractivity (Wildman–Crippen MR) is 54.0 cm³/mol. The molecule has 0 heterocycles. The van der Waals surface area contributed by atoms with Crippen molar-refractivity contribution in [2.75, 3.05) is 0 Å². The van der Waals surface area contributed by atoms with E-state index in [0.717, 1.165) is 4.47 Å². The first-order valence-corrected chi connectivity index (χ1v) is 5.13. The molecule has 1 aromatic carbocycles. The zero-order valence-electron chi connectivity index (χ0n) is 7.92. The van der Waals surface area contributed by atoms with Crippen LogP contribution in [0.5, 0.6) is 0 Å². The molecule has 76 valence electrons. The summed E-state index contributed by atoms with van der Waals surface area (Å²) in [7, 11) is 0. The summed E-state index contributed by atoms with van der Waals surface area (Å²) in [4.78, 5) is 11.0. The number of rotatable bonds is 3. The van der Waals surface area contributed by atoms with E-state index in [0.29, 0.717) is 12.0 Å². The van der Waals surface area contributed by atoms with Crippen LogP contribution in [0.25, 0.3) is 0 Å². The lowest BCUT2D eigenvalue weighted by Gasteiger charge is -2.25. The molecule has 3 nitrogen and oxygen atoms in total. The molecule has 1 rings (SSSR count). The Kier molecular flexibility index (Phi) is 3.29. The third-order valence-electron chi connectivity index (χ3n) is 2.39. The molecule has 1 aromatic rings. The van der Waals surface area contributed by atoms with Crippen LogP contribution in [-0.2, 0) is 10.3 Å². The van der Waals surface area contributed by atoms with Crippen molar-refractivity contribution in [2.45, 2.75) is 18.9 Å². The third kappa shape index (κ3) is 1.96. The van der Waals surface area contributed by atoms with Gasteiger partial charge in [-0.3, -0.25) is 0 Å². The van der Waals surface area contributed by atoms with Gasteiger partial charge in [0.2, 0.25) is 0 Å². The van der Waals surface area contributed by atoms with E-state index in [2.05, 4.69) is 21.7 Å². The molecule has 0 saturated heterocycles. The molecule has 3 N–H and O–H groups in total. The maximum atomic E-state index is 11.0. The van der Waals surface area contributed by atoms with E-state index in [-0.39, 0.29) is 0 Å². The summed E-state index contributed by atoms with van der Waals surface area (Å²) in [5, 5.41) is 11.0. The van der Waals surface area contributed by atoms with E-state index in [1.807, 2.05) is 0 Å². The Labute approximate surface area is 91.1 Å². The zero-order valence-corrected chi connectivity index (χ0v) is 9.50. The average Bonchev–Trinajstić information content (AvgIpc) is 2.17. The Morgan fingerprint density at radius 3 is 2.36 bits per heavy atom. The fraction of sp³-hybridized carbons (Fsp3) is 0.300. The number of hydrogen-bond donors (Lipinski definition) is 1. The van der Waals surface area contributed by atoms with Crippen LogP contribution in [0.1, 0.15) is 18.9 Å². The van der Waals surface area contributed by atoms with Crippen molar-refractivity contribution in [1.82, 2.24) is 0 Å². The normalized spacial score (nSPS) is 14.8. The van der Waals surface area contributed by atoms with Gasteiger partial charge in [0.05, 0.1) is 0 Å². The van der Waals surface area contributed by atoms with Crippen molar-refractivity contribution < 1.29 is 15.6 Å². The smallest absolute Gasteiger partial charge is 0.160 e. The summed E-state index contributed by atoms with van der Waals surface area (Å²) in [5.74, 6) is -1.14. The number of carboxylic acids is 1. The highest BCUT2D eigenvalue weighted by Crippen LogP contribution is 2.21. The van der Waals surface area contributed by atoms with Crippen molar-refractivity contribution in [3.63, 3.8) is 0 Å². The minimum atomic E-state index is -1.14. The van der Waals surface area contributed by atoms with Crippen LogP contribution >= 0.6 is 15.9 Å². The van der Waals surface area contributed by atoms with E-state index in [4.69, 9.17) is 0 Å². The van der Waals surface area contributed by atoms with E-state index < -0.39 is 11.5 Å². The minimum Gasteiger partial charge on any atom is -0.543 e. The molecular formula is C10H12BrNO2. The Morgan fingerprint density at radius 2 is 2.00 bits per heavy atom. The van der Waals surface area contributed by atoms with Gasteiger partial charge in [0.1, 0.15) is 5.97 Å². The van der Waals surface area contributed by atoms with Crippen LogP contribution in [0.15, 0.2) is 28.7 Å². The van der Waals surface area contributed by atoms with Gasteiger partial charge in [0.15, 0.2) is 5.54 Å². The molecule has 0 aliphatic heterocycles. The fourth-order valence-corrected chi connectivity index (χ4v) is 1.50. The van der Waals surface area contributed by atoms with Crippen molar-refractivity contribution in [1.29, 1.82) is 0 Å². The van der Waals surface area contributed by atoms with Gasteiger partial charge in [-0.15, -0.1) is 0 Å². The number of carbonyl (C=O) groups excluding carboxylic acids is 1. The van der Waals surface area contributed by atoms with Crippen LogP contribution in [0.4, 0.5) is 0 Å². The van der Waals surface area contributed by atoms with Gasteiger partial charge in [-0.2, -0.15) is 0 Å². The van der Waals surface area contributed by atoms with Crippen LogP contribution in [0, 0.1) is 0 Å². The first-order chi connectivity index (χ1) is 6.50. The van der Waals surface area contributed by atoms with Crippen LogP contribution < -0.4 is 10.8 Å². The van der Waals surface area contributed by atoms with Crippen molar-refractivity contribution >= 4 is 21.9 Å². The van der Waals surface area contributed by atoms with Gasteiger partial charge in [-0.25, -0.2) is 0 Å². The number of carbonyl (C=O) groups is 1. The lowest BCUT2D eigenvalue weighted by atomic mass is 9.89. The van der Waals surface area contributed by atoms with Gasteiger partial charge in [0.25, 0.3) is 0 Å². The summed E-state index contributed by atoms with van der Waals surface area (Å²) in [6.45, 7) is 1.78. The van der Waals surface area contributed by atoms with Crippen molar-refractivity contribution in [2.24, 2.45) is 0 Å². The molecule has 1 atom stereocenters. The van der Waals surface area contributed by atoms with Gasteiger partial charge < -0.3 is 15.6 Å². The molecule has 0 radical (unpaired) electrons. The van der Waals surface area contributed by atoms with E-state index in [1.54, 1.807) is 31.2 Å². The molecule has 0 spiro atoms. The van der Waals surface area contributed by atoms with Gasteiger partial charge in [0, 0.05) is 16.5 Å². The van der Waals surface area contributed by atoms with Gasteiger partial charge in [-0.1, -0.05) is 35.0 Å². The monoisotopic (exact) mass is 257 g/mol. The molecule has 0 saturated carbocycles. The number of hydrogen-bond acceptors (Lipinski definition) is 2. The zero-order chi connectivity index (χ0) is 10.8. The van der Waals surface area contributed by atoms with Crippen LogP contribution in [-0.4, -0.2) is 5.97 Å². The molecule has 0 amide bonds. The largest absolute Gasteiger partial charge is 0.543 e. The molecule has 4 heteroatoms.